The number of carbonyl (C=O) groups excluding carboxylic acids is 3. The molecule has 1 aliphatic rings. The minimum Gasteiger partial charge on any atom is -0.468 e. The Balaban J connectivity index is 1.41. The summed E-state index contributed by atoms with van der Waals surface area (Å²) in [6.45, 7) is -0.539. The molecule has 0 bridgehead atoms. The molecule has 3 aromatic rings. The Morgan fingerprint density at radius 3 is 2.42 bits per heavy atom. The van der Waals surface area contributed by atoms with Gasteiger partial charge in [0.05, 0.1) is 23.9 Å². The molecule has 0 atom stereocenters. The van der Waals surface area contributed by atoms with E-state index in [0.717, 1.165) is 9.21 Å². The highest BCUT2D eigenvalue weighted by Crippen LogP contribution is 2.25. The Morgan fingerprint density at radius 1 is 1.13 bits per heavy atom. The van der Waals surface area contributed by atoms with Crippen LogP contribution in [0, 0.1) is 0 Å². The van der Waals surface area contributed by atoms with Gasteiger partial charge in [-0.25, -0.2) is 8.42 Å². The van der Waals surface area contributed by atoms with Gasteiger partial charge in [0.15, 0.2) is 0 Å². The highest BCUT2D eigenvalue weighted by molar-refractivity contribution is 7.91. The van der Waals surface area contributed by atoms with Crippen LogP contribution in [0.2, 0.25) is 0 Å². The van der Waals surface area contributed by atoms with E-state index in [-0.39, 0.29) is 27.1 Å². The Labute approximate surface area is 180 Å². The van der Waals surface area contributed by atoms with Gasteiger partial charge in [0.1, 0.15) is 12.3 Å². The third-order valence-corrected chi connectivity index (χ3v) is 7.41. The number of nitrogens with one attached hydrogen (secondary N) is 1. The number of benzene rings is 1. The zero-order chi connectivity index (χ0) is 22.2. The van der Waals surface area contributed by atoms with E-state index in [1.807, 2.05) is 0 Å². The van der Waals surface area contributed by atoms with Gasteiger partial charge in [-0.1, -0.05) is 23.5 Å². The summed E-state index contributed by atoms with van der Waals surface area (Å²) in [7, 11) is -2.60. The molecule has 1 aliphatic heterocycles. The molecule has 0 unspecified atom stereocenters. The van der Waals surface area contributed by atoms with Gasteiger partial charge in [0.2, 0.25) is 15.4 Å². The standard InChI is InChI=1S/C18H15N5O6S2/c1-22(9-11-5-4-8-29-11)31(27,28)18-21-20-17(30-18)19-14(24)10-23-15(25)12-6-2-3-7-13(12)16(23)26/h2-8H,9-10H2,1H3,(H,19,20,24). The van der Waals surface area contributed by atoms with Crippen LogP contribution in [-0.4, -0.2) is 59.1 Å². The van der Waals surface area contributed by atoms with Crippen molar-refractivity contribution >= 4 is 44.2 Å². The minimum absolute atomic E-state index is 0.00362. The average molecular weight is 461 g/mol. The Bertz CT molecular complexity index is 1230. The topological polar surface area (TPSA) is 143 Å². The highest BCUT2D eigenvalue weighted by Gasteiger charge is 2.36. The van der Waals surface area contributed by atoms with Crippen molar-refractivity contribution in [2.24, 2.45) is 0 Å². The predicted octanol–water partition coefficient (Wildman–Crippen LogP) is 1.19. The first-order valence-corrected chi connectivity index (χ1v) is 11.1. The summed E-state index contributed by atoms with van der Waals surface area (Å²) in [5.41, 5.74) is 0.452. The molecule has 31 heavy (non-hydrogen) atoms. The third-order valence-electron chi connectivity index (χ3n) is 4.42. The van der Waals surface area contributed by atoms with Gasteiger partial charge in [-0.05, 0) is 24.3 Å². The molecule has 1 N–H and O–H groups in total. The smallest absolute Gasteiger partial charge is 0.272 e. The number of sulfonamides is 1. The van der Waals surface area contributed by atoms with E-state index < -0.39 is 34.3 Å². The maximum absolute atomic E-state index is 12.6. The van der Waals surface area contributed by atoms with Gasteiger partial charge in [-0.3, -0.25) is 24.6 Å². The molecule has 0 aliphatic carbocycles. The second-order valence-corrected chi connectivity index (χ2v) is 9.70. The molecule has 0 saturated heterocycles. The van der Waals surface area contributed by atoms with Crippen LogP contribution in [0.25, 0.3) is 0 Å². The van der Waals surface area contributed by atoms with Gasteiger partial charge in [0, 0.05) is 7.05 Å². The molecule has 3 heterocycles. The molecule has 0 fully saturated rings. The average Bonchev–Trinajstić information content (AvgIpc) is 3.47. The normalized spacial score (nSPS) is 13.7. The third kappa shape index (κ3) is 3.97. The van der Waals surface area contributed by atoms with E-state index >= 15 is 0 Å². The first kappa shape index (κ1) is 20.8. The van der Waals surface area contributed by atoms with E-state index in [4.69, 9.17) is 4.42 Å². The second kappa shape index (κ2) is 8.02. The van der Waals surface area contributed by atoms with Gasteiger partial charge >= 0.3 is 0 Å². The van der Waals surface area contributed by atoms with Crippen LogP contribution in [-0.2, 0) is 21.4 Å². The van der Waals surface area contributed by atoms with Crippen LogP contribution in [0.4, 0.5) is 5.13 Å². The fourth-order valence-corrected chi connectivity index (χ4v) is 5.13. The van der Waals surface area contributed by atoms with E-state index in [1.54, 1.807) is 24.3 Å². The quantitative estimate of drug-likeness (QED) is 0.408. The van der Waals surface area contributed by atoms with Gasteiger partial charge in [-0.2, -0.15) is 4.31 Å². The van der Waals surface area contributed by atoms with Crippen LogP contribution in [0.15, 0.2) is 51.4 Å². The number of aromatic nitrogens is 2. The molecular weight excluding hydrogens is 446 g/mol. The van der Waals surface area contributed by atoms with Crippen molar-refractivity contribution in [1.29, 1.82) is 0 Å². The lowest BCUT2D eigenvalue weighted by atomic mass is 10.1. The molecule has 3 amide bonds. The fourth-order valence-electron chi connectivity index (χ4n) is 2.89. The number of imide groups is 1. The zero-order valence-electron chi connectivity index (χ0n) is 16.0. The van der Waals surface area contributed by atoms with Crippen molar-refractivity contribution in [3.63, 3.8) is 0 Å². The van der Waals surface area contributed by atoms with E-state index in [1.165, 1.54) is 25.4 Å². The van der Waals surface area contributed by atoms with Crippen molar-refractivity contribution in [2.75, 3.05) is 18.9 Å². The number of hydrogen-bond donors (Lipinski definition) is 1. The van der Waals surface area contributed by atoms with Gasteiger partial charge in [-0.15, -0.1) is 10.2 Å². The molecule has 0 saturated carbocycles. The Kier molecular flexibility index (Phi) is 5.39. The van der Waals surface area contributed by atoms with Gasteiger partial charge < -0.3 is 4.42 Å². The van der Waals surface area contributed by atoms with Crippen LogP contribution in [0.1, 0.15) is 26.5 Å². The second-order valence-electron chi connectivity index (χ2n) is 6.50. The lowest BCUT2D eigenvalue weighted by Crippen LogP contribution is -2.37. The summed E-state index contributed by atoms with van der Waals surface area (Å²) >= 11 is 0.653. The maximum atomic E-state index is 12.6. The largest absolute Gasteiger partial charge is 0.468 e. The predicted molar refractivity (Wildman–Crippen MR) is 108 cm³/mol. The molecule has 13 heteroatoms. The van der Waals surface area contributed by atoms with E-state index in [2.05, 4.69) is 15.5 Å². The number of amides is 3. The van der Waals surface area contributed by atoms with Crippen LogP contribution >= 0.6 is 11.3 Å². The summed E-state index contributed by atoms with van der Waals surface area (Å²) in [5, 5.41) is 9.60. The fraction of sp³-hybridized carbons (Fsp3) is 0.167. The van der Waals surface area contributed by atoms with Crippen molar-refractivity contribution in [2.45, 2.75) is 10.9 Å². The summed E-state index contributed by atoms with van der Waals surface area (Å²) in [6, 6.07) is 9.54. The number of rotatable bonds is 7. The van der Waals surface area contributed by atoms with Gasteiger partial charge in [0.25, 0.3) is 21.8 Å². The van der Waals surface area contributed by atoms with Crippen LogP contribution in [0.5, 0.6) is 0 Å². The zero-order valence-corrected chi connectivity index (χ0v) is 17.6. The monoisotopic (exact) mass is 461 g/mol. The molecule has 4 rings (SSSR count). The number of hydrogen-bond acceptors (Lipinski definition) is 9. The number of furan rings is 1. The van der Waals surface area contributed by atoms with E-state index in [9.17, 15) is 22.8 Å². The van der Waals surface area contributed by atoms with Crippen LogP contribution in [0.3, 0.4) is 0 Å². The maximum Gasteiger partial charge on any atom is 0.272 e. The number of nitrogens with zero attached hydrogens (tertiary/aromatic N) is 4. The Hall–Kier alpha value is -3.42. The molecule has 0 spiro atoms. The summed E-state index contributed by atoms with van der Waals surface area (Å²) in [6.07, 6.45) is 1.43. The Morgan fingerprint density at radius 2 is 1.81 bits per heavy atom. The lowest BCUT2D eigenvalue weighted by molar-refractivity contribution is -0.116. The molecule has 1 aromatic carbocycles. The molecular formula is C18H15N5O6S2. The summed E-state index contributed by atoms with van der Waals surface area (Å²) < 4.78 is 31.1. The van der Waals surface area contributed by atoms with Crippen molar-refractivity contribution in [3.05, 3.63) is 59.5 Å². The number of carbonyl (C=O) groups is 3. The van der Waals surface area contributed by atoms with Crippen molar-refractivity contribution in [3.8, 4) is 0 Å². The highest BCUT2D eigenvalue weighted by atomic mass is 32.2. The lowest BCUT2D eigenvalue weighted by Gasteiger charge is -2.13. The SMILES string of the molecule is CN(Cc1ccco1)S(=O)(=O)c1nnc(NC(=O)CN2C(=O)c3ccccc3C2=O)s1. The number of anilines is 1. The molecule has 0 radical (unpaired) electrons. The first-order chi connectivity index (χ1) is 14.8. The minimum atomic E-state index is -3.96. The number of fused-ring (bicyclic) bond motifs is 1. The summed E-state index contributed by atoms with van der Waals surface area (Å²) in [5.74, 6) is -1.41. The first-order valence-electron chi connectivity index (χ1n) is 8.84. The molecule has 2 aromatic heterocycles. The van der Waals surface area contributed by atoms with Crippen molar-refractivity contribution in [1.82, 2.24) is 19.4 Å². The molecule has 11 nitrogen and oxygen atoms in total. The molecule has 160 valence electrons. The van der Waals surface area contributed by atoms with Crippen LogP contribution < -0.4 is 5.32 Å². The van der Waals surface area contributed by atoms with Crippen molar-refractivity contribution < 1.29 is 27.2 Å². The van der Waals surface area contributed by atoms with E-state index in [0.29, 0.717) is 17.1 Å². The summed E-state index contributed by atoms with van der Waals surface area (Å²) in [4.78, 5) is 37.8.